The quantitative estimate of drug-likeness (QED) is 0.666. The van der Waals surface area contributed by atoms with E-state index >= 15 is 0 Å². The number of nitrogens with one attached hydrogen (secondary N) is 1. The van der Waals surface area contributed by atoms with Gasteiger partial charge in [0.1, 0.15) is 11.4 Å². The zero-order chi connectivity index (χ0) is 20.1. The molecule has 0 radical (unpaired) electrons. The third-order valence-corrected chi connectivity index (χ3v) is 4.76. The topological polar surface area (TPSA) is 62.3 Å². The third kappa shape index (κ3) is 4.21. The van der Waals surface area contributed by atoms with Gasteiger partial charge in [-0.2, -0.15) is 0 Å². The SMILES string of the molecule is CCN(C(=O)c1cccc(C(=O)Nc2cccc(Cl)c2C)n1)c1ccccc1. The van der Waals surface area contributed by atoms with E-state index in [-0.39, 0.29) is 17.3 Å². The van der Waals surface area contributed by atoms with Gasteiger partial charge in [-0.15, -0.1) is 0 Å². The fourth-order valence-corrected chi connectivity index (χ4v) is 2.97. The molecule has 0 saturated carbocycles. The van der Waals surface area contributed by atoms with Crippen LogP contribution < -0.4 is 10.2 Å². The first-order valence-corrected chi connectivity index (χ1v) is 9.29. The van der Waals surface area contributed by atoms with Gasteiger partial charge in [-0.25, -0.2) is 4.98 Å². The van der Waals surface area contributed by atoms with Crippen molar-refractivity contribution in [3.8, 4) is 0 Å². The standard InChI is InChI=1S/C22H20ClN3O2/c1-3-26(16-9-5-4-6-10-16)22(28)20-14-8-13-19(24-20)21(27)25-18-12-7-11-17(23)15(18)2/h4-14H,3H2,1-2H3,(H,25,27). The molecule has 0 aliphatic heterocycles. The molecule has 6 heteroatoms. The normalized spacial score (nSPS) is 10.4. The zero-order valence-electron chi connectivity index (χ0n) is 15.6. The molecule has 0 saturated heterocycles. The van der Waals surface area contributed by atoms with Gasteiger partial charge in [-0.05, 0) is 55.8 Å². The number of pyridine rings is 1. The number of aromatic nitrogens is 1. The number of halogens is 1. The van der Waals surface area contributed by atoms with Crippen molar-refractivity contribution < 1.29 is 9.59 Å². The van der Waals surface area contributed by atoms with E-state index in [2.05, 4.69) is 10.3 Å². The Balaban J connectivity index is 1.84. The molecule has 0 fully saturated rings. The van der Waals surface area contributed by atoms with Gasteiger partial charge in [0.2, 0.25) is 0 Å². The third-order valence-electron chi connectivity index (χ3n) is 4.35. The van der Waals surface area contributed by atoms with Crippen molar-refractivity contribution in [2.24, 2.45) is 0 Å². The van der Waals surface area contributed by atoms with Crippen LogP contribution in [0.4, 0.5) is 11.4 Å². The molecule has 5 nitrogen and oxygen atoms in total. The highest BCUT2D eigenvalue weighted by molar-refractivity contribution is 6.31. The number of benzene rings is 2. The number of carbonyl (C=O) groups is 2. The van der Waals surface area contributed by atoms with Crippen molar-refractivity contribution in [2.75, 3.05) is 16.8 Å². The lowest BCUT2D eigenvalue weighted by atomic mass is 10.2. The van der Waals surface area contributed by atoms with Crippen LogP contribution >= 0.6 is 11.6 Å². The van der Waals surface area contributed by atoms with Crippen LogP contribution in [0.25, 0.3) is 0 Å². The highest BCUT2D eigenvalue weighted by Gasteiger charge is 2.19. The van der Waals surface area contributed by atoms with Gasteiger partial charge in [0.15, 0.2) is 0 Å². The van der Waals surface area contributed by atoms with Crippen molar-refractivity contribution in [1.29, 1.82) is 0 Å². The Hall–Kier alpha value is -3.18. The Labute approximate surface area is 169 Å². The first-order valence-electron chi connectivity index (χ1n) is 8.91. The first-order chi connectivity index (χ1) is 13.5. The Kier molecular flexibility index (Phi) is 6.06. The monoisotopic (exact) mass is 393 g/mol. The molecule has 28 heavy (non-hydrogen) atoms. The van der Waals surface area contributed by atoms with Crippen molar-refractivity contribution in [3.05, 3.63) is 88.7 Å². The van der Waals surface area contributed by atoms with Crippen molar-refractivity contribution in [1.82, 2.24) is 4.98 Å². The van der Waals surface area contributed by atoms with Gasteiger partial charge in [-0.1, -0.05) is 41.9 Å². The minimum atomic E-state index is -0.400. The Morgan fingerprint density at radius 3 is 2.36 bits per heavy atom. The Morgan fingerprint density at radius 2 is 1.64 bits per heavy atom. The number of nitrogens with zero attached hydrogens (tertiary/aromatic N) is 2. The number of carbonyl (C=O) groups excluding carboxylic acids is 2. The minimum Gasteiger partial charge on any atom is -0.320 e. The lowest BCUT2D eigenvalue weighted by molar-refractivity contribution is 0.0983. The number of hydrogen-bond acceptors (Lipinski definition) is 3. The van der Waals surface area contributed by atoms with E-state index < -0.39 is 5.91 Å². The molecule has 0 unspecified atom stereocenters. The summed E-state index contributed by atoms with van der Waals surface area (Å²) in [4.78, 5) is 31.4. The molecular formula is C22H20ClN3O2. The van der Waals surface area contributed by atoms with Gasteiger partial charge in [0.05, 0.1) is 0 Å². The highest BCUT2D eigenvalue weighted by atomic mass is 35.5. The molecule has 0 aliphatic carbocycles. The summed E-state index contributed by atoms with van der Waals surface area (Å²) in [6.07, 6.45) is 0. The van der Waals surface area contributed by atoms with E-state index in [1.54, 1.807) is 41.3 Å². The molecule has 0 spiro atoms. The highest BCUT2D eigenvalue weighted by Crippen LogP contribution is 2.23. The largest absolute Gasteiger partial charge is 0.320 e. The average molecular weight is 394 g/mol. The van der Waals surface area contributed by atoms with E-state index in [0.29, 0.717) is 17.3 Å². The summed E-state index contributed by atoms with van der Waals surface area (Å²) in [6, 6.07) is 19.5. The number of hydrogen-bond donors (Lipinski definition) is 1. The lowest BCUT2D eigenvalue weighted by Crippen LogP contribution is -2.31. The average Bonchev–Trinajstić information content (AvgIpc) is 2.72. The minimum absolute atomic E-state index is 0.161. The van der Waals surface area contributed by atoms with Crippen LogP contribution in [0.2, 0.25) is 5.02 Å². The van der Waals surface area contributed by atoms with E-state index in [1.807, 2.05) is 44.2 Å². The maximum atomic E-state index is 12.9. The van der Waals surface area contributed by atoms with E-state index in [4.69, 9.17) is 11.6 Å². The summed E-state index contributed by atoms with van der Waals surface area (Å²) in [5, 5.41) is 3.36. The fourth-order valence-electron chi connectivity index (χ4n) is 2.80. The zero-order valence-corrected chi connectivity index (χ0v) is 16.4. The maximum absolute atomic E-state index is 12.9. The fraction of sp³-hybridized carbons (Fsp3) is 0.136. The van der Waals surface area contributed by atoms with Crippen molar-refractivity contribution in [3.63, 3.8) is 0 Å². The molecule has 1 heterocycles. The van der Waals surface area contributed by atoms with E-state index in [9.17, 15) is 9.59 Å². The molecule has 0 aliphatic rings. The van der Waals surface area contributed by atoms with Crippen LogP contribution in [-0.2, 0) is 0 Å². The molecule has 142 valence electrons. The number of anilines is 2. The second-order valence-electron chi connectivity index (χ2n) is 6.16. The lowest BCUT2D eigenvalue weighted by Gasteiger charge is -2.20. The summed E-state index contributed by atoms with van der Waals surface area (Å²) in [6.45, 7) is 4.20. The van der Waals surface area contributed by atoms with Crippen molar-refractivity contribution >= 4 is 34.8 Å². The van der Waals surface area contributed by atoms with Crippen molar-refractivity contribution in [2.45, 2.75) is 13.8 Å². The van der Waals surface area contributed by atoms with E-state index in [0.717, 1.165) is 11.3 Å². The number of rotatable bonds is 5. The predicted octanol–water partition coefficient (Wildman–Crippen LogP) is 4.96. The van der Waals surface area contributed by atoms with Gasteiger partial charge >= 0.3 is 0 Å². The molecule has 2 aromatic carbocycles. The van der Waals surface area contributed by atoms with Gasteiger partial charge < -0.3 is 10.2 Å². The van der Waals surface area contributed by atoms with Crippen LogP contribution in [0.3, 0.4) is 0 Å². The number of amides is 2. The molecule has 1 aromatic heterocycles. The second kappa shape index (κ2) is 8.67. The molecule has 2 amide bonds. The maximum Gasteiger partial charge on any atom is 0.276 e. The summed E-state index contributed by atoms with van der Waals surface area (Å²) in [7, 11) is 0. The summed E-state index contributed by atoms with van der Waals surface area (Å²) < 4.78 is 0. The van der Waals surface area contributed by atoms with Gasteiger partial charge in [-0.3, -0.25) is 9.59 Å². The summed E-state index contributed by atoms with van der Waals surface area (Å²) >= 11 is 6.10. The van der Waals surface area contributed by atoms with Gasteiger partial charge in [0, 0.05) is 22.9 Å². The van der Waals surface area contributed by atoms with Crippen LogP contribution in [0, 0.1) is 6.92 Å². The van der Waals surface area contributed by atoms with Gasteiger partial charge in [0.25, 0.3) is 11.8 Å². The molecule has 0 atom stereocenters. The number of para-hydroxylation sites is 1. The Morgan fingerprint density at radius 1 is 0.964 bits per heavy atom. The van der Waals surface area contributed by atoms with Crippen LogP contribution in [0.15, 0.2) is 66.7 Å². The van der Waals surface area contributed by atoms with Crippen LogP contribution in [0.5, 0.6) is 0 Å². The first kappa shape index (κ1) is 19.6. The summed E-state index contributed by atoms with van der Waals surface area (Å²) in [5.41, 5.74) is 2.53. The molecule has 3 rings (SSSR count). The molecule has 1 N–H and O–H groups in total. The Bertz CT molecular complexity index is 1010. The second-order valence-corrected chi connectivity index (χ2v) is 6.57. The van der Waals surface area contributed by atoms with Crippen LogP contribution in [0.1, 0.15) is 33.5 Å². The predicted molar refractivity (Wildman–Crippen MR) is 112 cm³/mol. The van der Waals surface area contributed by atoms with E-state index in [1.165, 1.54) is 0 Å². The smallest absolute Gasteiger partial charge is 0.276 e. The van der Waals surface area contributed by atoms with Crippen LogP contribution in [-0.4, -0.2) is 23.3 Å². The molecule has 0 bridgehead atoms. The summed E-state index contributed by atoms with van der Waals surface area (Å²) in [5.74, 6) is -0.662. The molecular weight excluding hydrogens is 374 g/mol. The molecule has 3 aromatic rings.